The molecular weight excluding hydrogens is 224 g/mol. The van der Waals surface area contributed by atoms with Crippen LogP contribution in [0.15, 0.2) is 0 Å². The van der Waals surface area contributed by atoms with E-state index in [-0.39, 0.29) is 0 Å². The number of carbonyl (C=O) groups excluding carboxylic acids is 1. The lowest BCUT2D eigenvalue weighted by molar-refractivity contribution is -0.133. The predicted octanol–water partition coefficient (Wildman–Crippen LogP) is 2.56. The molecule has 0 unspecified atom stereocenters. The lowest BCUT2D eigenvalue weighted by Gasteiger charge is -2.39. The van der Waals surface area contributed by atoms with Gasteiger partial charge in [-0.05, 0) is 37.6 Å². The number of unbranched alkanes of at least 4 members (excludes halogenated alkanes) is 3. The second kappa shape index (κ2) is 6.55. The fourth-order valence-electron chi connectivity index (χ4n) is 3.31. The second-order valence-electron chi connectivity index (χ2n) is 6.12. The molecule has 0 aromatic carbocycles. The van der Waals surface area contributed by atoms with Gasteiger partial charge in [-0.1, -0.05) is 26.2 Å². The minimum Gasteiger partial charge on any atom is -0.343 e. The van der Waals surface area contributed by atoms with Crippen molar-refractivity contribution >= 4 is 5.91 Å². The third-order valence-electron chi connectivity index (χ3n) is 4.75. The van der Waals surface area contributed by atoms with Gasteiger partial charge in [0.05, 0.1) is 0 Å². The Morgan fingerprint density at radius 1 is 1.17 bits per heavy atom. The summed E-state index contributed by atoms with van der Waals surface area (Å²) in [6.45, 7) is 6.54. The number of piperidine rings is 1. The first-order valence-electron chi connectivity index (χ1n) is 7.74. The highest BCUT2D eigenvalue weighted by molar-refractivity contribution is 5.76. The molecule has 3 heteroatoms. The number of carbonyl (C=O) groups is 1. The fraction of sp³-hybridized carbons (Fsp3) is 0.933. The van der Waals surface area contributed by atoms with E-state index in [2.05, 4.69) is 17.1 Å². The quantitative estimate of drug-likeness (QED) is 0.763. The molecule has 0 saturated carbocycles. The molecule has 3 nitrogen and oxygen atoms in total. The molecule has 0 aromatic rings. The summed E-state index contributed by atoms with van der Waals surface area (Å²) < 4.78 is 0. The molecule has 104 valence electrons. The molecule has 2 fully saturated rings. The van der Waals surface area contributed by atoms with E-state index < -0.39 is 0 Å². The van der Waals surface area contributed by atoms with E-state index in [0.29, 0.717) is 11.3 Å². The molecule has 0 radical (unpaired) electrons. The molecule has 0 bridgehead atoms. The Hall–Kier alpha value is -0.570. The van der Waals surface area contributed by atoms with Crippen molar-refractivity contribution in [3.63, 3.8) is 0 Å². The Kier molecular flexibility index (Phi) is 5.04. The van der Waals surface area contributed by atoms with E-state index in [1.54, 1.807) is 0 Å². The Labute approximate surface area is 111 Å². The zero-order valence-corrected chi connectivity index (χ0v) is 11.8. The SMILES string of the molecule is CCCCCCC(=O)N1CCC2(CCNC2)CC1. The van der Waals surface area contributed by atoms with Crippen LogP contribution >= 0.6 is 0 Å². The van der Waals surface area contributed by atoms with E-state index >= 15 is 0 Å². The first-order valence-corrected chi connectivity index (χ1v) is 7.74. The molecule has 18 heavy (non-hydrogen) atoms. The molecular formula is C15H28N2O. The van der Waals surface area contributed by atoms with Crippen molar-refractivity contribution in [2.24, 2.45) is 5.41 Å². The minimum absolute atomic E-state index is 0.395. The van der Waals surface area contributed by atoms with Crippen LogP contribution in [-0.4, -0.2) is 37.0 Å². The van der Waals surface area contributed by atoms with Gasteiger partial charge in [-0.15, -0.1) is 0 Å². The first-order chi connectivity index (χ1) is 8.76. The maximum atomic E-state index is 12.1. The number of hydrogen-bond acceptors (Lipinski definition) is 2. The van der Waals surface area contributed by atoms with Crippen LogP contribution in [-0.2, 0) is 4.79 Å². The first kappa shape index (κ1) is 13.9. The van der Waals surface area contributed by atoms with E-state index in [1.807, 2.05) is 0 Å². The van der Waals surface area contributed by atoms with Gasteiger partial charge in [-0.2, -0.15) is 0 Å². The number of rotatable bonds is 5. The molecule has 0 aromatic heterocycles. The third kappa shape index (κ3) is 3.47. The number of nitrogens with zero attached hydrogens (tertiary/aromatic N) is 1. The summed E-state index contributed by atoms with van der Waals surface area (Å²) >= 11 is 0. The maximum absolute atomic E-state index is 12.1. The number of hydrogen-bond donors (Lipinski definition) is 1. The molecule has 0 aliphatic carbocycles. The van der Waals surface area contributed by atoms with Crippen molar-refractivity contribution in [3.8, 4) is 0 Å². The van der Waals surface area contributed by atoms with Crippen LogP contribution in [0.4, 0.5) is 0 Å². The van der Waals surface area contributed by atoms with Gasteiger partial charge >= 0.3 is 0 Å². The molecule has 0 atom stereocenters. The van der Waals surface area contributed by atoms with Gasteiger partial charge in [0.25, 0.3) is 0 Å². The van der Waals surface area contributed by atoms with Gasteiger partial charge in [0.2, 0.25) is 5.91 Å². The van der Waals surface area contributed by atoms with Gasteiger partial charge in [0.15, 0.2) is 0 Å². The molecule has 2 aliphatic heterocycles. The van der Waals surface area contributed by atoms with Gasteiger partial charge in [0.1, 0.15) is 0 Å². The second-order valence-corrected chi connectivity index (χ2v) is 6.12. The van der Waals surface area contributed by atoms with Gasteiger partial charge < -0.3 is 10.2 Å². The average molecular weight is 252 g/mol. The van der Waals surface area contributed by atoms with Crippen molar-refractivity contribution in [1.82, 2.24) is 10.2 Å². The van der Waals surface area contributed by atoms with E-state index in [1.165, 1.54) is 51.6 Å². The van der Waals surface area contributed by atoms with Gasteiger partial charge in [0, 0.05) is 26.1 Å². The van der Waals surface area contributed by atoms with Crippen molar-refractivity contribution < 1.29 is 4.79 Å². The lowest BCUT2D eigenvalue weighted by atomic mass is 9.78. The third-order valence-corrected chi connectivity index (χ3v) is 4.75. The maximum Gasteiger partial charge on any atom is 0.222 e. The fourth-order valence-corrected chi connectivity index (χ4v) is 3.31. The minimum atomic E-state index is 0.395. The zero-order chi connectivity index (χ0) is 12.8. The van der Waals surface area contributed by atoms with Crippen LogP contribution in [0.1, 0.15) is 58.3 Å². The summed E-state index contributed by atoms with van der Waals surface area (Å²) in [6.07, 6.45) is 9.30. The van der Waals surface area contributed by atoms with E-state index in [9.17, 15) is 4.79 Å². The van der Waals surface area contributed by atoms with Crippen LogP contribution in [0.2, 0.25) is 0 Å². The largest absolute Gasteiger partial charge is 0.343 e. The molecule has 1 spiro atoms. The van der Waals surface area contributed by atoms with Crippen LogP contribution < -0.4 is 5.32 Å². The normalized spacial score (nSPS) is 22.6. The predicted molar refractivity (Wildman–Crippen MR) is 74.5 cm³/mol. The highest BCUT2D eigenvalue weighted by Gasteiger charge is 2.37. The smallest absolute Gasteiger partial charge is 0.222 e. The highest BCUT2D eigenvalue weighted by Crippen LogP contribution is 2.37. The lowest BCUT2D eigenvalue weighted by Crippen LogP contribution is -2.43. The topological polar surface area (TPSA) is 32.3 Å². The van der Waals surface area contributed by atoms with Crippen LogP contribution in [0, 0.1) is 5.41 Å². The number of nitrogens with one attached hydrogen (secondary N) is 1. The van der Waals surface area contributed by atoms with Crippen molar-refractivity contribution in [2.75, 3.05) is 26.2 Å². The Bertz CT molecular complexity index is 262. The summed E-state index contributed by atoms with van der Waals surface area (Å²) in [7, 11) is 0. The monoisotopic (exact) mass is 252 g/mol. The van der Waals surface area contributed by atoms with Crippen LogP contribution in [0.3, 0.4) is 0 Å². The van der Waals surface area contributed by atoms with Gasteiger partial charge in [-0.3, -0.25) is 4.79 Å². The van der Waals surface area contributed by atoms with Crippen LogP contribution in [0.25, 0.3) is 0 Å². The van der Waals surface area contributed by atoms with Crippen molar-refractivity contribution in [1.29, 1.82) is 0 Å². The molecule has 1 amide bonds. The van der Waals surface area contributed by atoms with Crippen LogP contribution in [0.5, 0.6) is 0 Å². The summed E-state index contributed by atoms with van der Waals surface area (Å²) in [6, 6.07) is 0. The zero-order valence-electron chi connectivity index (χ0n) is 11.8. The Morgan fingerprint density at radius 2 is 1.94 bits per heavy atom. The average Bonchev–Trinajstić information content (AvgIpc) is 2.84. The van der Waals surface area contributed by atoms with E-state index in [4.69, 9.17) is 0 Å². The summed E-state index contributed by atoms with van der Waals surface area (Å²) in [4.78, 5) is 14.2. The van der Waals surface area contributed by atoms with E-state index in [0.717, 1.165) is 25.9 Å². The summed E-state index contributed by atoms with van der Waals surface area (Å²) in [5.41, 5.74) is 0.527. The van der Waals surface area contributed by atoms with Gasteiger partial charge in [-0.25, -0.2) is 0 Å². The standard InChI is InChI=1S/C15H28N2O/c1-2-3-4-5-6-14(18)17-11-8-15(9-12-17)7-10-16-13-15/h16H,2-13H2,1H3. The van der Waals surface area contributed by atoms with Crippen molar-refractivity contribution in [3.05, 3.63) is 0 Å². The highest BCUT2D eigenvalue weighted by atomic mass is 16.2. The number of likely N-dealkylation sites (tertiary alicyclic amines) is 1. The number of amides is 1. The molecule has 2 aliphatic rings. The molecule has 2 saturated heterocycles. The summed E-state index contributed by atoms with van der Waals surface area (Å²) in [5.74, 6) is 0.395. The Balaban J connectivity index is 1.67. The van der Waals surface area contributed by atoms with Crippen molar-refractivity contribution in [2.45, 2.75) is 58.3 Å². The molecule has 2 rings (SSSR count). The molecule has 2 heterocycles. The molecule has 1 N–H and O–H groups in total. The summed E-state index contributed by atoms with van der Waals surface area (Å²) in [5, 5.41) is 3.47. The Morgan fingerprint density at radius 3 is 2.56 bits per heavy atom.